The summed E-state index contributed by atoms with van der Waals surface area (Å²) in [6.45, 7) is 0.467. The summed E-state index contributed by atoms with van der Waals surface area (Å²) in [5, 5.41) is 14.7. The summed E-state index contributed by atoms with van der Waals surface area (Å²) in [7, 11) is 3.90. The number of aromatic hydroxyl groups is 1. The van der Waals surface area contributed by atoms with Gasteiger partial charge in [0.2, 0.25) is 0 Å². The van der Waals surface area contributed by atoms with Crippen LogP contribution in [0.1, 0.15) is 5.56 Å². The fraction of sp³-hybridized carbons (Fsp3) is 0.130. The summed E-state index contributed by atoms with van der Waals surface area (Å²) in [5.41, 5.74) is 3.62. The van der Waals surface area contributed by atoms with E-state index in [9.17, 15) is 5.11 Å². The van der Waals surface area contributed by atoms with Crippen LogP contribution in [0.25, 0.3) is 22.3 Å². The lowest BCUT2D eigenvalue weighted by molar-refractivity contribution is 0.469. The molecule has 0 aliphatic rings. The van der Waals surface area contributed by atoms with Gasteiger partial charge in [-0.1, -0.05) is 48.5 Å². The molecule has 4 rings (SSSR count). The van der Waals surface area contributed by atoms with Crippen molar-refractivity contribution in [2.75, 3.05) is 24.3 Å². The van der Waals surface area contributed by atoms with Gasteiger partial charge in [0.15, 0.2) is 5.82 Å². The minimum absolute atomic E-state index is 0.264. The Kier molecular flexibility index (Phi) is 4.81. The van der Waals surface area contributed by atoms with Crippen molar-refractivity contribution in [3.63, 3.8) is 0 Å². The van der Waals surface area contributed by atoms with Crippen molar-refractivity contribution in [2.45, 2.75) is 6.54 Å². The second kappa shape index (κ2) is 7.56. The zero-order chi connectivity index (χ0) is 19.5. The normalized spacial score (nSPS) is 10.8. The second-order valence-electron chi connectivity index (χ2n) is 6.84. The number of phenols is 1. The van der Waals surface area contributed by atoms with Gasteiger partial charge in [0.05, 0.1) is 5.52 Å². The van der Waals surface area contributed by atoms with Gasteiger partial charge in [-0.15, -0.1) is 0 Å². The molecule has 0 amide bonds. The largest absolute Gasteiger partial charge is 0.508 e. The Morgan fingerprint density at radius 3 is 2.39 bits per heavy atom. The second-order valence-corrected chi connectivity index (χ2v) is 6.84. The predicted octanol–water partition coefficient (Wildman–Crippen LogP) is 4.68. The number of fused-ring (bicyclic) bond motifs is 1. The molecule has 0 saturated heterocycles. The third kappa shape index (κ3) is 3.60. The fourth-order valence-electron chi connectivity index (χ4n) is 3.09. The zero-order valence-corrected chi connectivity index (χ0v) is 15.9. The zero-order valence-electron chi connectivity index (χ0n) is 15.9. The Hall–Kier alpha value is -3.60. The number of rotatable bonds is 5. The van der Waals surface area contributed by atoms with Crippen LogP contribution >= 0.6 is 0 Å². The Morgan fingerprint density at radius 2 is 1.64 bits per heavy atom. The molecule has 2 N–H and O–H groups in total. The van der Waals surface area contributed by atoms with Crippen molar-refractivity contribution in [2.24, 2.45) is 0 Å². The van der Waals surface area contributed by atoms with E-state index in [2.05, 4.69) is 5.32 Å². The van der Waals surface area contributed by atoms with Gasteiger partial charge in [0.25, 0.3) is 0 Å². The van der Waals surface area contributed by atoms with Gasteiger partial charge in [-0.05, 0) is 18.2 Å². The lowest BCUT2D eigenvalue weighted by Crippen LogP contribution is -2.09. The van der Waals surface area contributed by atoms with Gasteiger partial charge < -0.3 is 15.3 Å². The molecular weight excluding hydrogens is 348 g/mol. The number of phenolic OH excluding ortho intramolecular Hbond substituents is 1. The number of nitrogens with zero attached hydrogens (tertiary/aromatic N) is 3. The number of hydrogen-bond acceptors (Lipinski definition) is 5. The number of aromatic nitrogens is 2. The molecule has 0 atom stereocenters. The van der Waals surface area contributed by atoms with Gasteiger partial charge >= 0.3 is 0 Å². The van der Waals surface area contributed by atoms with Gasteiger partial charge in [0, 0.05) is 48.9 Å². The highest BCUT2D eigenvalue weighted by atomic mass is 16.3. The highest BCUT2D eigenvalue weighted by Crippen LogP contribution is 2.27. The van der Waals surface area contributed by atoms with Crippen molar-refractivity contribution >= 4 is 22.4 Å². The van der Waals surface area contributed by atoms with E-state index in [1.165, 1.54) is 0 Å². The van der Waals surface area contributed by atoms with E-state index >= 15 is 0 Å². The van der Waals surface area contributed by atoms with E-state index in [1.54, 1.807) is 6.07 Å². The molecule has 0 spiro atoms. The fourth-order valence-corrected chi connectivity index (χ4v) is 3.09. The van der Waals surface area contributed by atoms with Crippen molar-refractivity contribution in [1.29, 1.82) is 0 Å². The molecule has 28 heavy (non-hydrogen) atoms. The maximum Gasteiger partial charge on any atom is 0.162 e. The molecule has 1 heterocycles. The van der Waals surface area contributed by atoms with Gasteiger partial charge in [-0.25, -0.2) is 9.97 Å². The van der Waals surface area contributed by atoms with Gasteiger partial charge in [-0.3, -0.25) is 0 Å². The van der Waals surface area contributed by atoms with E-state index in [0.29, 0.717) is 12.4 Å². The SMILES string of the molecule is CN(C)c1ccc(CNc2nc(-c3ccccc3)nc3ccccc23)c(O)c1. The minimum atomic E-state index is 0.264. The van der Waals surface area contributed by atoms with Gasteiger partial charge in [0.1, 0.15) is 11.6 Å². The third-order valence-electron chi connectivity index (χ3n) is 4.67. The molecule has 0 bridgehead atoms. The van der Waals surface area contributed by atoms with Crippen molar-refractivity contribution in [3.05, 3.63) is 78.4 Å². The van der Waals surface area contributed by atoms with Crippen LogP contribution in [0, 0.1) is 0 Å². The smallest absolute Gasteiger partial charge is 0.162 e. The van der Waals surface area contributed by atoms with Crippen LogP contribution in [0.4, 0.5) is 11.5 Å². The van der Waals surface area contributed by atoms with E-state index in [0.717, 1.165) is 33.5 Å². The quantitative estimate of drug-likeness (QED) is 0.534. The first-order valence-electron chi connectivity index (χ1n) is 9.17. The first-order valence-corrected chi connectivity index (χ1v) is 9.17. The topological polar surface area (TPSA) is 61.3 Å². The van der Waals surface area contributed by atoms with Crippen LogP contribution in [0.3, 0.4) is 0 Å². The molecule has 0 aliphatic carbocycles. The molecule has 0 aliphatic heterocycles. The first-order chi connectivity index (χ1) is 13.6. The Labute approximate surface area is 164 Å². The van der Waals surface area contributed by atoms with E-state index in [-0.39, 0.29) is 5.75 Å². The van der Waals surface area contributed by atoms with E-state index < -0.39 is 0 Å². The van der Waals surface area contributed by atoms with Crippen molar-refractivity contribution in [1.82, 2.24) is 9.97 Å². The Balaban J connectivity index is 1.68. The maximum atomic E-state index is 10.4. The first kappa shape index (κ1) is 17.8. The molecule has 5 nitrogen and oxygen atoms in total. The molecule has 3 aromatic carbocycles. The number of para-hydroxylation sites is 1. The molecule has 0 saturated carbocycles. The van der Waals surface area contributed by atoms with Crippen molar-refractivity contribution in [3.8, 4) is 17.1 Å². The van der Waals surface area contributed by atoms with Crippen LogP contribution in [0.5, 0.6) is 5.75 Å². The summed E-state index contributed by atoms with van der Waals surface area (Å²) in [6, 6.07) is 23.6. The average molecular weight is 370 g/mol. The Morgan fingerprint density at radius 1 is 0.893 bits per heavy atom. The number of nitrogens with one attached hydrogen (secondary N) is 1. The van der Waals surface area contributed by atoms with Crippen molar-refractivity contribution < 1.29 is 5.11 Å². The van der Waals surface area contributed by atoms with Crippen LogP contribution < -0.4 is 10.2 Å². The highest BCUT2D eigenvalue weighted by molar-refractivity contribution is 5.90. The lowest BCUT2D eigenvalue weighted by atomic mass is 10.1. The summed E-state index contributed by atoms with van der Waals surface area (Å²) in [6.07, 6.45) is 0. The number of benzene rings is 3. The van der Waals surface area contributed by atoms with E-state index in [1.807, 2.05) is 85.7 Å². The molecule has 0 unspecified atom stereocenters. The van der Waals surface area contributed by atoms with Gasteiger partial charge in [-0.2, -0.15) is 0 Å². The molecule has 0 radical (unpaired) electrons. The summed E-state index contributed by atoms with van der Waals surface area (Å²) < 4.78 is 0. The Bertz CT molecular complexity index is 1110. The number of anilines is 2. The highest BCUT2D eigenvalue weighted by Gasteiger charge is 2.10. The standard InChI is InChI=1S/C23H22N4O/c1-27(2)18-13-12-17(21(28)14-18)15-24-23-19-10-6-7-11-20(19)25-22(26-23)16-8-4-3-5-9-16/h3-14,28H,15H2,1-2H3,(H,24,25,26). The lowest BCUT2D eigenvalue weighted by Gasteiger charge is -2.15. The van der Waals surface area contributed by atoms with Crippen LogP contribution in [-0.2, 0) is 6.54 Å². The third-order valence-corrected chi connectivity index (χ3v) is 4.67. The molecule has 140 valence electrons. The number of hydrogen-bond donors (Lipinski definition) is 2. The average Bonchev–Trinajstić information content (AvgIpc) is 2.73. The molecule has 1 aromatic heterocycles. The minimum Gasteiger partial charge on any atom is -0.508 e. The van der Waals surface area contributed by atoms with E-state index in [4.69, 9.17) is 9.97 Å². The molecule has 5 heteroatoms. The van der Waals surface area contributed by atoms with Crippen LogP contribution in [0.2, 0.25) is 0 Å². The molecule has 0 fully saturated rings. The maximum absolute atomic E-state index is 10.4. The summed E-state index contributed by atoms with van der Waals surface area (Å²) in [5.74, 6) is 1.69. The predicted molar refractivity (Wildman–Crippen MR) is 115 cm³/mol. The van der Waals surface area contributed by atoms with Crippen LogP contribution in [0.15, 0.2) is 72.8 Å². The summed E-state index contributed by atoms with van der Waals surface area (Å²) >= 11 is 0. The summed E-state index contributed by atoms with van der Waals surface area (Å²) in [4.78, 5) is 11.4. The molecule has 4 aromatic rings. The van der Waals surface area contributed by atoms with Crippen LogP contribution in [-0.4, -0.2) is 29.2 Å². The molecular formula is C23H22N4O. The monoisotopic (exact) mass is 370 g/mol.